The first-order valence-electron chi connectivity index (χ1n) is 4.64. The van der Waals surface area contributed by atoms with E-state index in [1.165, 1.54) is 0 Å². The second-order valence-corrected chi connectivity index (χ2v) is 3.31. The van der Waals surface area contributed by atoms with Gasteiger partial charge in [-0.1, -0.05) is 0 Å². The first-order chi connectivity index (χ1) is 7.66. The molecule has 1 amide bonds. The molecule has 1 aromatic heterocycles. The SMILES string of the molecule is NC(=O)OCc1cc2cnccc2cc1O. The Morgan fingerprint density at radius 1 is 1.44 bits per heavy atom. The standard InChI is InChI=1S/C11H10N2O3/c12-11(15)16-6-9-3-8-5-13-2-1-7(8)4-10(9)14/h1-5,14H,6H2,(H2,12,15). The van der Waals surface area contributed by atoms with Crippen LogP contribution in [0.2, 0.25) is 0 Å². The second kappa shape index (κ2) is 4.06. The lowest BCUT2D eigenvalue weighted by Gasteiger charge is -2.06. The lowest BCUT2D eigenvalue weighted by atomic mass is 10.1. The lowest BCUT2D eigenvalue weighted by molar-refractivity contribution is 0.149. The molecule has 82 valence electrons. The van der Waals surface area contributed by atoms with E-state index in [-0.39, 0.29) is 12.4 Å². The summed E-state index contributed by atoms with van der Waals surface area (Å²) in [6.45, 7) is -0.0496. The molecule has 0 radical (unpaired) electrons. The fourth-order valence-electron chi connectivity index (χ4n) is 1.44. The highest BCUT2D eigenvalue weighted by Gasteiger charge is 2.05. The van der Waals surface area contributed by atoms with Gasteiger partial charge in [-0.05, 0) is 23.6 Å². The van der Waals surface area contributed by atoms with Crippen LogP contribution in [0.5, 0.6) is 5.75 Å². The Bertz CT molecular complexity index is 540. The van der Waals surface area contributed by atoms with Crippen LogP contribution in [0, 0.1) is 0 Å². The monoisotopic (exact) mass is 218 g/mol. The molecule has 0 saturated heterocycles. The molecule has 0 saturated carbocycles. The number of nitrogens with zero attached hydrogens (tertiary/aromatic N) is 1. The molecule has 1 aromatic carbocycles. The van der Waals surface area contributed by atoms with E-state index < -0.39 is 6.09 Å². The average Bonchev–Trinajstić information content (AvgIpc) is 2.26. The largest absolute Gasteiger partial charge is 0.508 e. The van der Waals surface area contributed by atoms with Crippen molar-refractivity contribution in [1.29, 1.82) is 0 Å². The van der Waals surface area contributed by atoms with Crippen molar-refractivity contribution in [3.8, 4) is 5.75 Å². The third-order valence-corrected chi connectivity index (χ3v) is 2.21. The van der Waals surface area contributed by atoms with Gasteiger partial charge in [-0.2, -0.15) is 0 Å². The number of phenolic OH excluding ortho intramolecular Hbond substituents is 1. The summed E-state index contributed by atoms with van der Waals surface area (Å²) in [5.41, 5.74) is 5.35. The fraction of sp³-hybridized carbons (Fsp3) is 0.0909. The highest BCUT2D eigenvalue weighted by molar-refractivity contribution is 5.84. The zero-order valence-electron chi connectivity index (χ0n) is 8.38. The zero-order chi connectivity index (χ0) is 11.5. The summed E-state index contributed by atoms with van der Waals surface area (Å²) in [5, 5.41) is 11.4. The molecule has 0 bridgehead atoms. The minimum absolute atomic E-state index is 0.0496. The molecule has 3 N–H and O–H groups in total. The van der Waals surface area contributed by atoms with Gasteiger partial charge in [0.1, 0.15) is 12.4 Å². The molecular weight excluding hydrogens is 208 g/mol. The molecule has 0 fully saturated rings. The second-order valence-electron chi connectivity index (χ2n) is 3.31. The first-order valence-corrected chi connectivity index (χ1v) is 4.64. The smallest absolute Gasteiger partial charge is 0.404 e. The molecule has 2 aromatic rings. The molecule has 5 heteroatoms. The summed E-state index contributed by atoms with van der Waals surface area (Å²) in [6, 6.07) is 5.09. The van der Waals surface area contributed by atoms with E-state index in [0.717, 1.165) is 10.8 Å². The first kappa shape index (κ1) is 10.2. The minimum atomic E-state index is -0.870. The molecule has 0 unspecified atom stereocenters. The summed E-state index contributed by atoms with van der Waals surface area (Å²) >= 11 is 0. The van der Waals surface area contributed by atoms with E-state index in [1.807, 2.05) is 0 Å². The van der Waals surface area contributed by atoms with Crippen molar-refractivity contribution in [2.24, 2.45) is 5.73 Å². The molecule has 0 aliphatic heterocycles. The predicted octanol–water partition coefficient (Wildman–Crippen LogP) is 1.54. The molecular formula is C11H10N2O3. The number of fused-ring (bicyclic) bond motifs is 1. The highest BCUT2D eigenvalue weighted by atomic mass is 16.5. The van der Waals surface area contributed by atoms with Crippen LogP contribution in [0.4, 0.5) is 4.79 Å². The Kier molecular flexibility index (Phi) is 2.59. The average molecular weight is 218 g/mol. The maximum Gasteiger partial charge on any atom is 0.404 e. The van der Waals surface area contributed by atoms with Crippen molar-refractivity contribution in [2.75, 3.05) is 0 Å². The number of aromatic hydroxyl groups is 1. The number of hydrogen-bond acceptors (Lipinski definition) is 4. The van der Waals surface area contributed by atoms with Crippen LogP contribution < -0.4 is 5.73 Å². The molecule has 16 heavy (non-hydrogen) atoms. The molecule has 0 aliphatic carbocycles. The van der Waals surface area contributed by atoms with Crippen LogP contribution >= 0.6 is 0 Å². The molecule has 0 spiro atoms. The van der Waals surface area contributed by atoms with Gasteiger partial charge >= 0.3 is 6.09 Å². The Morgan fingerprint density at radius 3 is 3.00 bits per heavy atom. The topological polar surface area (TPSA) is 85.4 Å². The van der Waals surface area contributed by atoms with E-state index in [2.05, 4.69) is 9.72 Å². The highest BCUT2D eigenvalue weighted by Crippen LogP contribution is 2.24. The Labute approximate surface area is 91.5 Å². The number of primary amides is 1. The number of nitrogens with two attached hydrogens (primary N) is 1. The molecule has 0 atom stereocenters. The maximum atomic E-state index is 10.5. The number of phenols is 1. The van der Waals surface area contributed by atoms with Crippen LogP contribution in [-0.2, 0) is 11.3 Å². The van der Waals surface area contributed by atoms with Crippen LogP contribution in [0.3, 0.4) is 0 Å². The number of pyridine rings is 1. The molecule has 0 aliphatic rings. The normalized spacial score (nSPS) is 10.2. The summed E-state index contributed by atoms with van der Waals surface area (Å²) in [7, 11) is 0. The Hall–Kier alpha value is -2.30. The van der Waals surface area contributed by atoms with Gasteiger partial charge in [-0.15, -0.1) is 0 Å². The number of carbonyl (C=O) groups is 1. The number of hydrogen-bond donors (Lipinski definition) is 2. The Morgan fingerprint density at radius 2 is 2.25 bits per heavy atom. The van der Waals surface area contributed by atoms with Crippen LogP contribution in [0.1, 0.15) is 5.56 Å². The van der Waals surface area contributed by atoms with Gasteiger partial charge in [0.2, 0.25) is 0 Å². The third-order valence-electron chi connectivity index (χ3n) is 2.21. The van der Waals surface area contributed by atoms with Crippen molar-refractivity contribution >= 4 is 16.9 Å². The van der Waals surface area contributed by atoms with Gasteiger partial charge < -0.3 is 15.6 Å². The molecule has 1 heterocycles. The van der Waals surface area contributed by atoms with Crippen LogP contribution in [0.25, 0.3) is 10.8 Å². The number of ether oxygens (including phenoxy) is 1. The van der Waals surface area contributed by atoms with Gasteiger partial charge in [0.25, 0.3) is 0 Å². The van der Waals surface area contributed by atoms with E-state index in [4.69, 9.17) is 5.73 Å². The number of amides is 1. The van der Waals surface area contributed by atoms with E-state index >= 15 is 0 Å². The maximum absolute atomic E-state index is 10.5. The molecule has 5 nitrogen and oxygen atoms in total. The third kappa shape index (κ3) is 2.03. The zero-order valence-corrected chi connectivity index (χ0v) is 8.38. The van der Waals surface area contributed by atoms with Crippen molar-refractivity contribution < 1.29 is 14.6 Å². The van der Waals surface area contributed by atoms with E-state index in [9.17, 15) is 9.90 Å². The van der Waals surface area contributed by atoms with Crippen LogP contribution in [-0.4, -0.2) is 16.2 Å². The van der Waals surface area contributed by atoms with Gasteiger partial charge in [-0.3, -0.25) is 4.98 Å². The Balaban J connectivity index is 2.38. The van der Waals surface area contributed by atoms with Crippen molar-refractivity contribution in [3.05, 3.63) is 36.2 Å². The van der Waals surface area contributed by atoms with Crippen molar-refractivity contribution in [3.63, 3.8) is 0 Å². The fourth-order valence-corrected chi connectivity index (χ4v) is 1.44. The lowest BCUT2D eigenvalue weighted by Crippen LogP contribution is -2.12. The minimum Gasteiger partial charge on any atom is -0.508 e. The number of carbonyl (C=O) groups excluding carboxylic acids is 1. The number of rotatable bonds is 2. The predicted molar refractivity (Wildman–Crippen MR) is 57.8 cm³/mol. The summed E-state index contributed by atoms with van der Waals surface area (Å²) in [5.74, 6) is 0.0694. The van der Waals surface area contributed by atoms with Gasteiger partial charge in [0, 0.05) is 23.3 Å². The van der Waals surface area contributed by atoms with E-state index in [1.54, 1.807) is 30.6 Å². The quantitative estimate of drug-likeness (QED) is 0.800. The van der Waals surface area contributed by atoms with Gasteiger partial charge in [0.05, 0.1) is 0 Å². The number of benzene rings is 1. The van der Waals surface area contributed by atoms with Crippen molar-refractivity contribution in [2.45, 2.75) is 6.61 Å². The summed E-state index contributed by atoms with van der Waals surface area (Å²) < 4.78 is 4.62. The molecule has 2 rings (SSSR count). The summed E-state index contributed by atoms with van der Waals surface area (Å²) in [4.78, 5) is 14.4. The van der Waals surface area contributed by atoms with Crippen LogP contribution in [0.15, 0.2) is 30.6 Å². The van der Waals surface area contributed by atoms with E-state index in [0.29, 0.717) is 5.56 Å². The van der Waals surface area contributed by atoms with Gasteiger partial charge in [0.15, 0.2) is 0 Å². The summed E-state index contributed by atoms with van der Waals surface area (Å²) in [6.07, 6.45) is 2.44. The van der Waals surface area contributed by atoms with Crippen molar-refractivity contribution in [1.82, 2.24) is 4.98 Å². The van der Waals surface area contributed by atoms with Gasteiger partial charge in [-0.25, -0.2) is 4.79 Å². The number of aromatic nitrogens is 1.